The average Bonchev–Trinajstić information content (AvgIpc) is 2.27. The summed E-state index contributed by atoms with van der Waals surface area (Å²) in [7, 11) is 0. The molecule has 0 unspecified atom stereocenters. The van der Waals surface area contributed by atoms with Gasteiger partial charge in [0, 0.05) is 6.04 Å². The maximum Gasteiger partial charge on any atom is 0.222 e. The number of nitrogens with one attached hydrogen (secondary N) is 1. The van der Waals surface area contributed by atoms with E-state index in [0.717, 1.165) is 16.0 Å². The number of aryl methyl sites for hydroxylation is 1. The van der Waals surface area contributed by atoms with Gasteiger partial charge < -0.3 is 11.1 Å². The Kier molecular flexibility index (Phi) is 3.63. The van der Waals surface area contributed by atoms with Gasteiger partial charge in [0.05, 0.1) is 10.2 Å². The molecule has 0 radical (unpaired) electrons. The van der Waals surface area contributed by atoms with E-state index in [4.69, 9.17) is 5.73 Å². The van der Waals surface area contributed by atoms with Crippen molar-refractivity contribution in [2.24, 2.45) is 0 Å². The average molecular weight is 285 g/mol. The van der Waals surface area contributed by atoms with Crippen molar-refractivity contribution < 1.29 is 0 Å². The predicted octanol–water partition coefficient (Wildman–Crippen LogP) is 2.87. The van der Waals surface area contributed by atoms with Crippen LogP contribution in [0.1, 0.15) is 37.8 Å². The quantitative estimate of drug-likeness (QED) is 0.877. The molecule has 0 aliphatic heterocycles. The second kappa shape index (κ2) is 4.99. The van der Waals surface area contributed by atoms with Crippen LogP contribution in [-0.2, 0) is 0 Å². The molecule has 1 aliphatic carbocycles. The van der Waals surface area contributed by atoms with Crippen LogP contribution in [0.25, 0.3) is 0 Å². The molecule has 1 saturated carbocycles. The SMILES string of the molecule is Cc1nc(N)nc(NC2CCCCC2)c1Br. The zero-order valence-corrected chi connectivity index (χ0v) is 11.0. The summed E-state index contributed by atoms with van der Waals surface area (Å²) in [6.45, 7) is 1.92. The molecule has 0 atom stereocenters. The first-order valence-electron chi connectivity index (χ1n) is 5.73. The minimum absolute atomic E-state index is 0.332. The molecule has 0 saturated heterocycles. The van der Waals surface area contributed by atoms with Gasteiger partial charge in [0.15, 0.2) is 0 Å². The van der Waals surface area contributed by atoms with Crippen molar-refractivity contribution in [3.05, 3.63) is 10.2 Å². The highest BCUT2D eigenvalue weighted by Crippen LogP contribution is 2.27. The number of rotatable bonds is 2. The minimum atomic E-state index is 0.332. The van der Waals surface area contributed by atoms with Crippen LogP contribution in [0.2, 0.25) is 0 Å². The molecule has 2 rings (SSSR count). The van der Waals surface area contributed by atoms with E-state index in [1.165, 1.54) is 32.1 Å². The summed E-state index contributed by atoms with van der Waals surface area (Å²) in [6.07, 6.45) is 6.39. The lowest BCUT2D eigenvalue weighted by molar-refractivity contribution is 0.461. The van der Waals surface area contributed by atoms with Crippen LogP contribution in [0.4, 0.5) is 11.8 Å². The van der Waals surface area contributed by atoms with Crippen molar-refractivity contribution in [2.75, 3.05) is 11.1 Å². The fourth-order valence-electron chi connectivity index (χ4n) is 2.12. The Morgan fingerprint density at radius 3 is 2.62 bits per heavy atom. The molecule has 1 aromatic heterocycles. The molecule has 0 amide bonds. The van der Waals surface area contributed by atoms with E-state index in [1.54, 1.807) is 0 Å². The first-order valence-corrected chi connectivity index (χ1v) is 6.52. The molecule has 88 valence electrons. The van der Waals surface area contributed by atoms with Crippen molar-refractivity contribution in [1.29, 1.82) is 0 Å². The topological polar surface area (TPSA) is 63.8 Å². The van der Waals surface area contributed by atoms with Gasteiger partial charge in [0.2, 0.25) is 5.95 Å². The van der Waals surface area contributed by atoms with Gasteiger partial charge in [-0.05, 0) is 35.7 Å². The second-order valence-corrected chi connectivity index (χ2v) is 5.10. The lowest BCUT2D eigenvalue weighted by Gasteiger charge is -2.24. The Morgan fingerprint density at radius 1 is 1.25 bits per heavy atom. The van der Waals surface area contributed by atoms with Crippen molar-refractivity contribution in [2.45, 2.75) is 45.1 Å². The van der Waals surface area contributed by atoms with Crippen LogP contribution in [0.5, 0.6) is 0 Å². The summed E-state index contributed by atoms with van der Waals surface area (Å²) in [5.74, 6) is 1.16. The third-order valence-corrected chi connectivity index (χ3v) is 3.93. The van der Waals surface area contributed by atoms with Gasteiger partial charge in [-0.15, -0.1) is 0 Å². The maximum atomic E-state index is 5.65. The normalized spacial score (nSPS) is 17.4. The summed E-state index contributed by atoms with van der Waals surface area (Å²) >= 11 is 3.50. The van der Waals surface area contributed by atoms with Crippen LogP contribution < -0.4 is 11.1 Å². The number of halogens is 1. The van der Waals surface area contributed by atoms with Gasteiger partial charge in [-0.2, -0.15) is 4.98 Å². The number of nitrogens with zero attached hydrogens (tertiary/aromatic N) is 2. The number of hydrogen-bond donors (Lipinski definition) is 2. The van der Waals surface area contributed by atoms with Crippen LogP contribution in [0.3, 0.4) is 0 Å². The van der Waals surface area contributed by atoms with Crippen LogP contribution in [-0.4, -0.2) is 16.0 Å². The first kappa shape index (κ1) is 11.6. The number of anilines is 2. The van der Waals surface area contributed by atoms with E-state index >= 15 is 0 Å². The molecular weight excluding hydrogens is 268 g/mol. The molecule has 0 bridgehead atoms. The highest BCUT2D eigenvalue weighted by atomic mass is 79.9. The zero-order valence-electron chi connectivity index (χ0n) is 9.46. The Bertz CT molecular complexity index is 374. The van der Waals surface area contributed by atoms with Crippen LogP contribution >= 0.6 is 15.9 Å². The smallest absolute Gasteiger partial charge is 0.222 e. The van der Waals surface area contributed by atoms with E-state index in [9.17, 15) is 0 Å². The van der Waals surface area contributed by atoms with Crippen molar-refractivity contribution in [3.63, 3.8) is 0 Å². The molecule has 1 heterocycles. The molecule has 3 N–H and O–H groups in total. The number of nitrogens with two attached hydrogens (primary N) is 1. The van der Waals surface area contributed by atoms with Crippen molar-refractivity contribution in [1.82, 2.24) is 9.97 Å². The third-order valence-electron chi connectivity index (χ3n) is 2.98. The molecule has 0 spiro atoms. The highest BCUT2D eigenvalue weighted by molar-refractivity contribution is 9.10. The van der Waals surface area contributed by atoms with E-state index in [0.29, 0.717) is 12.0 Å². The Balaban J connectivity index is 2.13. The fraction of sp³-hybridized carbons (Fsp3) is 0.636. The van der Waals surface area contributed by atoms with E-state index in [1.807, 2.05) is 6.92 Å². The third kappa shape index (κ3) is 2.64. The van der Waals surface area contributed by atoms with Gasteiger partial charge in [0.1, 0.15) is 5.82 Å². The lowest BCUT2D eigenvalue weighted by atomic mass is 9.95. The largest absolute Gasteiger partial charge is 0.368 e. The van der Waals surface area contributed by atoms with Crippen molar-refractivity contribution >= 4 is 27.7 Å². The molecule has 1 aromatic rings. The lowest BCUT2D eigenvalue weighted by Crippen LogP contribution is -2.23. The standard InChI is InChI=1S/C11H17BrN4/c1-7-9(12)10(16-11(13)14-7)15-8-5-3-2-4-6-8/h8H,2-6H2,1H3,(H3,13,14,15,16). The Morgan fingerprint density at radius 2 is 1.94 bits per heavy atom. The zero-order chi connectivity index (χ0) is 11.5. The molecular formula is C11H17BrN4. The second-order valence-electron chi connectivity index (χ2n) is 4.31. The summed E-state index contributed by atoms with van der Waals surface area (Å²) < 4.78 is 0.923. The number of aromatic nitrogens is 2. The Hall–Kier alpha value is -0.840. The van der Waals surface area contributed by atoms with E-state index in [-0.39, 0.29) is 0 Å². The molecule has 5 heteroatoms. The predicted molar refractivity (Wildman–Crippen MR) is 69.4 cm³/mol. The van der Waals surface area contributed by atoms with Gasteiger partial charge >= 0.3 is 0 Å². The van der Waals surface area contributed by atoms with Gasteiger partial charge in [0.25, 0.3) is 0 Å². The van der Waals surface area contributed by atoms with Crippen molar-refractivity contribution in [3.8, 4) is 0 Å². The summed E-state index contributed by atoms with van der Waals surface area (Å²) in [5, 5.41) is 3.45. The minimum Gasteiger partial charge on any atom is -0.368 e. The monoisotopic (exact) mass is 284 g/mol. The van der Waals surface area contributed by atoms with Gasteiger partial charge in [-0.25, -0.2) is 4.98 Å². The van der Waals surface area contributed by atoms with E-state index < -0.39 is 0 Å². The summed E-state index contributed by atoms with van der Waals surface area (Å²) in [4.78, 5) is 8.34. The molecule has 1 aliphatic rings. The van der Waals surface area contributed by atoms with E-state index in [2.05, 4.69) is 31.2 Å². The fourth-order valence-corrected chi connectivity index (χ4v) is 2.41. The maximum absolute atomic E-state index is 5.65. The number of hydrogen-bond acceptors (Lipinski definition) is 4. The van der Waals surface area contributed by atoms with Crippen LogP contribution in [0.15, 0.2) is 4.47 Å². The molecule has 1 fully saturated rings. The summed E-state index contributed by atoms with van der Waals surface area (Å²) in [6, 6.07) is 0.527. The molecule has 16 heavy (non-hydrogen) atoms. The number of nitrogen functional groups attached to an aromatic ring is 1. The van der Waals surface area contributed by atoms with Gasteiger partial charge in [-0.3, -0.25) is 0 Å². The highest BCUT2D eigenvalue weighted by Gasteiger charge is 2.16. The Labute approximate surface area is 104 Å². The first-order chi connectivity index (χ1) is 7.66. The summed E-state index contributed by atoms with van der Waals surface area (Å²) in [5.41, 5.74) is 6.53. The molecule has 0 aromatic carbocycles. The molecule has 4 nitrogen and oxygen atoms in total. The van der Waals surface area contributed by atoms with Crippen LogP contribution in [0, 0.1) is 6.92 Å². The van der Waals surface area contributed by atoms with Gasteiger partial charge in [-0.1, -0.05) is 19.3 Å².